The van der Waals surface area contributed by atoms with Crippen LogP contribution in [0.1, 0.15) is 26.2 Å². The van der Waals surface area contributed by atoms with E-state index in [1.165, 1.54) is 0 Å². The van der Waals surface area contributed by atoms with Gasteiger partial charge in [0, 0.05) is 12.6 Å². The number of carboxylic acids is 1. The van der Waals surface area contributed by atoms with E-state index >= 15 is 0 Å². The molecule has 0 aromatic heterocycles. The zero-order valence-electron chi connectivity index (χ0n) is 12.2. The van der Waals surface area contributed by atoms with E-state index in [1.54, 1.807) is 4.90 Å². The van der Waals surface area contributed by atoms with E-state index in [1.807, 2.05) is 37.3 Å². The van der Waals surface area contributed by atoms with Crippen molar-refractivity contribution in [3.05, 3.63) is 30.3 Å². The number of nitrogens with zero attached hydrogens (tertiary/aromatic N) is 1. The quantitative estimate of drug-likeness (QED) is 0.903. The van der Waals surface area contributed by atoms with Crippen LogP contribution in [0, 0.1) is 5.92 Å². The number of carbonyl (C=O) groups excluding carboxylic acids is 1. The van der Waals surface area contributed by atoms with Gasteiger partial charge in [-0.3, -0.25) is 9.59 Å². The highest BCUT2D eigenvalue weighted by Gasteiger charge is 2.31. The molecule has 1 heterocycles. The van der Waals surface area contributed by atoms with Crippen LogP contribution in [0.4, 0.5) is 0 Å². The zero-order valence-corrected chi connectivity index (χ0v) is 12.2. The summed E-state index contributed by atoms with van der Waals surface area (Å²) in [6, 6.07) is 9.36. The van der Waals surface area contributed by atoms with Crippen molar-refractivity contribution < 1.29 is 19.4 Å². The average molecular weight is 291 g/mol. The lowest BCUT2D eigenvalue weighted by atomic mass is 9.91. The Hall–Kier alpha value is -2.04. The number of aliphatic carboxylic acids is 1. The molecule has 2 rings (SSSR count). The second kappa shape index (κ2) is 7.11. The van der Waals surface area contributed by atoms with E-state index in [4.69, 9.17) is 9.84 Å². The number of ether oxygens (including phenoxy) is 1. The first-order valence-electron chi connectivity index (χ1n) is 7.28. The van der Waals surface area contributed by atoms with Gasteiger partial charge >= 0.3 is 5.97 Å². The summed E-state index contributed by atoms with van der Waals surface area (Å²) >= 11 is 0. The maximum atomic E-state index is 12.2. The van der Waals surface area contributed by atoms with Crippen LogP contribution < -0.4 is 4.74 Å². The van der Waals surface area contributed by atoms with E-state index in [9.17, 15) is 9.59 Å². The summed E-state index contributed by atoms with van der Waals surface area (Å²) in [5.41, 5.74) is 0. The predicted molar refractivity (Wildman–Crippen MR) is 78.1 cm³/mol. The van der Waals surface area contributed by atoms with Gasteiger partial charge in [-0.05, 0) is 31.9 Å². The van der Waals surface area contributed by atoms with Gasteiger partial charge in [-0.25, -0.2) is 0 Å². The molecule has 1 aliphatic rings. The molecule has 1 fully saturated rings. The summed E-state index contributed by atoms with van der Waals surface area (Å²) in [4.78, 5) is 24.9. The average Bonchev–Trinajstić information content (AvgIpc) is 2.48. The molecule has 1 aliphatic heterocycles. The van der Waals surface area contributed by atoms with Crippen molar-refractivity contribution >= 4 is 11.9 Å². The molecule has 0 saturated carbocycles. The van der Waals surface area contributed by atoms with Crippen LogP contribution in [-0.4, -0.2) is 41.1 Å². The molecule has 114 valence electrons. The third kappa shape index (κ3) is 4.21. The second-order valence-corrected chi connectivity index (χ2v) is 5.41. The van der Waals surface area contributed by atoms with Crippen LogP contribution in [0.5, 0.6) is 5.75 Å². The fourth-order valence-corrected chi connectivity index (χ4v) is 2.68. The lowest BCUT2D eigenvalue weighted by Crippen LogP contribution is -2.46. The fourth-order valence-electron chi connectivity index (χ4n) is 2.68. The Balaban J connectivity index is 1.77. The largest absolute Gasteiger partial charge is 0.493 e. The summed E-state index contributed by atoms with van der Waals surface area (Å²) in [7, 11) is 0. The van der Waals surface area contributed by atoms with Crippen molar-refractivity contribution in [2.45, 2.75) is 32.2 Å². The molecule has 2 atom stereocenters. The SMILES string of the molecule is CC1CC(C(=O)O)CCN1C(=O)CCOc1ccccc1. The van der Waals surface area contributed by atoms with Crippen molar-refractivity contribution in [3.63, 3.8) is 0 Å². The Kier molecular flexibility index (Phi) is 5.20. The number of carbonyl (C=O) groups is 2. The number of piperidine rings is 1. The summed E-state index contributed by atoms with van der Waals surface area (Å²) in [6.45, 7) is 2.77. The van der Waals surface area contributed by atoms with Crippen LogP contribution in [0.15, 0.2) is 30.3 Å². The molecule has 5 heteroatoms. The Morgan fingerprint density at radius 2 is 2.05 bits per heavy atom. The van der Waals surface area contributed by atoms with Crippen LogP contribution in [0.2, 0.25) is 0 Å². The number of hydrogen-bond donors (Lipinski definition) is 1. The highest BCUT2D eigenvalue weighted by atomic mass is 16.5. The number of amides is 1. The van der Waals surface area contributed by atoms with Crippen LogP contribution in [0.3, 0.4) is 0 Å². The first-order valence-corrected chi connectivity index (χ1v) is 7.28. The maximum absolute atomic E-state index is 12.2. The van der Waals surface area contributed by atoms with Crippen molar-refractivity contribution in [1.29, 1.82) is 0 Å². The van der Waals surface area contributed by atoms with Crippen LogP contribution >= 0.6 is 0 Å². The number of hydrogen-bond acceptors (Lipinski definition) is 3. The van der Waals surface area contributed by atoms with Crippen molar-refractivity contribution in [2.24, 2.45) is 5.92 Å². The number of rotatable bonds is 5. The van der Waals surface area contributed by atoms with Crippen LogP contribution in [-0.2, 0) is 9.59 Å². The molecular weight excluding hydrogens is 270 g/mol. The van der Waals surface area contributed by atoms with Crippen molar-refractivity contribution in [2.75, 3.05) is 13.2 Å². The molecule has 1 amide bonds. The molecule has 21 heavy (non-hydrogen) atoms. The minimum absolute atomic E-state index is 0.0240. The number of benzene rings is 1. The Labute approximate surface area is 124 Å². The van der Waals surface area contributed by atoms with E-state index < -0.39 is 5.97 Å². The van der Waals surface area contributed by atoms with Crippen molar-refractivity contribution in [1.82, 2.24) is 4.90 Å². The molecular formula is C16H21NO4. The summed E-state index contributed by atoms with van der Waals surface area (Å²) in [5.74, 6) is -0.309. The summed E-state index contributed by atoms with van der Waals surface area (Å²) < 4.78 is 5.52. The third-order valence-electron chi connectivity index (χ3n) is 3.87. The fraction of sp³-hybridized carbons (Fsp3) is 0.500. The molecule has 1 aromatic rings. The third-order valence-corrected chi connectivity index (χ3v) is 3.87. The van der Waals surface area contributed by atoms with E-state index in [0.717, 1.165) is 5.75 Å². The molecule has 5 nitrogen and oxygen atoms in total. The van der Waals surface area contributed by atoms with Gasteiger partial charge in [0.1, 0.15) is 5.75 Å². The van der Waals surface area contributed by atoms with Gasteiger partial charge in [-0.15, -0.1) is 0 Å². The number of likely N-dealkylation sites (tertiary alicyclic amines) is 1. The topological polar surface area (TPSA) is 66.8 Å². The molecule has 1 N–H and O–H groups in total. The second-order valence-electron chi connectivity index (χ2n) is 5.41. The predicted octanol–water partition coefficient (Wildman–Crippen LogP) is 2.17. The van der Waals surface area contributed by atoms with E-state index in [0.29, 0.717) is 32.4 Å². The minimum Gasteiger partial charge on any atom is -0.493 e. The zero-order chi connectivity index (χ0) is 15.2. The van der Waals surface area contributed by atoms with Gasteiger partial charge in [-0.2, -0.15) is 0 Å². The smallest absolute Gasteiger partial charge is 0.306 e. The summed E-state index contributed by atoms with van der Waals surface area (Å²) in [6.07, 6.45) is 1.38. The molecule has 0 radical (unpaired) electrons. The molecule has 2 unspecified atom stereocenters. The maximum Gasteiger partial charge on any atom is 0.306 e. The Morgan fingerprint density at radius 1 is 1.33 bits per heavy atom. The molecule has 0 bridgehead atoms. The van der Waals surface area contributed by atoms with E-state index in [2.05, 4.69) is 0 Å². The molecule has 0 aliphatic carbocycles. The van der Waals surface area contributed by atoms with Gasteiger partial charge in [0.25, 0.3) is 0 Å². The van der Waals surface area contributed by atoms with Gasteiger partial charge in [0.15, 0.2) is 0 Å². The lowest BCUT2D eigenvalue weighted by Gasteiger charge is -2.36. The summed E-state index contributed by atoms with van der Waals surface area (Å²) in [5, 5.41) is 9.02. The molecule has 1 aromatic carbocycles. The van der Waals surface area contributed by atoms with Gasteiger partial charge in [0.05, 0.1) is 18.9 Å². The van der Waals surface area contributed by atoms with Gasteiger partial charge in [0.2, 0.25) is 5.91 Å². The number of para-hydroxylation sites is 1. The normalized spacial score (nSPS) is 21.9. The minimum atomic E-state index is -0.763. The van der Waals surface area contributed by atoms with Crippen LogP contribution in [0.25, 0.3) is 0 Å². The standard InChI is InChI=1S/C16H21NO4/c1-12-11-13(16(19)20)7-9-17(12)15(18)8-10-21-14-5-3-2-4-6-14/h2-6,12-13H,7-11H2,1H3,(H,19,20). The Bertz CT molecular complexity index is 488. The first kappa shape index (κ1) is 15.4. The van der Waals surface area contributed by atoms with Gasteiger partial charge < -0.3 is 14.7 Å². The molecule has 0 spiro atoms. The lowest BCUT2D eigenvalue weighted by molar-refractivity contribution is -0.147. The first-order chi connectivity index (χ1) is 10.1. The van der Waals surface area contributed by atoms with Gasteiger partial charge in [-0.1, -0.05) is 18.2 Å². The molecule has 1 saturated heterocycles. The Morgan fingerprint density at radius 3 is 2.67 bits per heavy atom. The van der Waals surface area contributed by atoms with Crippen molar-refractivity contribution in [3.8, 4) is 5.75 Å². The van der Waals surface area contributed by atoms with E-state index in [-0.39, 0.29) is 17.9 Å². The number of carboxylic acid groups (broad SMARTS) is 1. The highest BCUT2D eigenvalue weighted by molar-refractivity contribution is 5.77. The highest BCUT2D eigenvalue weighted by Crippen LogP contribution is 2.23. The monoisotopic (exact) mass is 291 g/mol.